The first kappa shape index (κ1) is 17.8. The minimum Gasteiger partial charge on any atom is -0.360 e. The van der Waals surface area contributed by atoms with Gasteiger partial charge in [0.15, 0.2) is 5.69 Å². The smallest absolute Gasteiger partial charge is 0.302 e. The topological polar surface area (TPSA) is 89.5 Å². The Hall–Kier alpha value is -2.25. The molecular formula is C14H20FN3O4. The van der Waals surface area contributed by atoms with E-state index in [4.69, 9.17) is 0 Å². The Bertz CT molecular complexity index is 508. The summed E-state index contributed by atoms with van der Waals surface area (Å²) in [6, 6.07) is 1.49. The van der Waals surface area contributed by atoms with Gasteiger partial charge >= 0.3 is 11.4 Å². The van der Waals surface area contributed by atoms with Crippen LogP contribution in [0.2, 0.25) is 0 Å². The van der Waals surface area contributed by atoms with Crippen molar-refractivity contribution in [3.05, 3.63) is 38.2 Å². The quantitative estimate of drug-likeness (QED) is 0.507. The van der Waals surface area contributed by atoms with Gasteiger partial charge in [-0.25, -0.2) is 4.39 Å². The zero-order chi connectivity index (χ0) is 16.7. The van der Waals surface area contributed by atoms with Crippen LogP contribution in [0, 0.1) is 26.0 Å². The molecule has 0 aliphatic rings. The van der Waals surface area contributed by atoms with E-state index in [1.54, 1.807) is 4.90 Å². The molecule has 0 aliphatic heterocycles. The Labute approximate surface area is 128 Å². The molecule has 0 atom stereocenters. The van der Waals surface area contributed by atoms with E-state index in [0.29, 0.717) is 13.1 Å². The van der Waals surface area contributed by atoms with Crippen molar-refractivity contribution < 1.29 is 14.2 Å². The van der Waals surface area contributed by atoms with Gasteiger partial charge in [-0.1, -0.05) is 26.7 Å². The third-order valence-electron chi connectivity index (χ3n) is 3.31. The minimum absolute atomic E-state index is 0.0988. The van der Waals surface area contributed by atoms with Gasteiger partial charge < -0.3 is 4.90 Å². The number of nitro benzene ring substituents is 2. The van der Waals surface area contributed by atoms with E-state index in [9.17, 15) is 24.6 Å². The van der Waals surface area contributed by atoms with Crippen molar-refractivity contribution in [2.45, 2.75) is 39.5 Å². The second-order valence-corrected chi connectivity index (χ2v) is 5.00. The fourth-order valence-corrected chi connectivity index (χ4v) is 2.21. The van der Waals surface area contributed by atoms with Crippen LogP contribution < -0.4 is 4.90 Å². The second kappa shape index (κ2) is 8.26. The molecule has 0 N–H and O–H groups in total. The molecule has 0 heterocycles. The third kappa shape index (κ3) is 4.37. The van der Waals surface area contributed by atoms with Crippen molar-refractivity contribution in [1.29, 1.82) is 0 Å². The predicted molar refractivity (Wildman–Crippen MR) is 81.7 cm³/mol. The summed E-state index contributed by atoms with van der Waals surface area (Å²) in [7, 11) is 0. The summed E-state index contributed by atoms with van der Waals surface area (Å²) < 4.78 is 13.5. The highest BCUT2D eigenvalue weighted by atomic mass is 19.1. The highest BCUT2D eigenvalue weighted by molar-refractivity contribution is 5.75. The molecule has 22 heavy (non-hydrogen) atoms. The zero-order valence-electron chi connectivity index (χ0n) is 12.7. The number of hydrogen-bond donors (Lipinski definition) is 0. The molecule has 122 valence electrons. The van der Waals surface area contributed by atoms with Crippen LogP contribution in [0.3, 0.4) is 0 Å². The molecule has 0 aromatic heterocycles. The number of halogens is 1. The van der Waals surface area contributed by atoms with Crippen LogP contribution in [-0.2, 0) is 0 Å². The maximum atomic E-state index is 13.5. The average molecular weight is 313 g/mol. The largest absolute Gasteiger partial charge is 0.360 e. The van der Waals surface area contributed by atoms with Gasteiger partial charge in [-0.3, -0.25) is 20.2 Å². The normalized spacial score (nSPS) is 10.5. The van der Waals surface area contributed by atoms with Crippen molar-refractivity contribution in [1.82, 2.24) is 0 Å². The van der Waals surface area contributed by atoms with E-state index in [0.717, 1.165) is 37.8 Å². The highest BCUT2D eigenvalue weighted by Crippen LogP contribution is 2.38. The van der Waals surface area contributed by atoms with Gasteiger partial charge in [0.05, 0.1) is 22.0 Å². The van der Waals surface area contributed by atoms with Crippen LogP contribution in [0.25, 0.3) is 0 Å². The Balaban J connectivity index is 3.41. The summed E-state index contributed by atoms with van der Waals surface area (Å²) in [5, 5.41) is 22.4. The summed E-state index contributed by atoms with van der Waals surface area (Å²) >= 11 is 0. The van der Waals surface area contributed by atoms with Gasteiger partial charge in [0.25, 0.3) is 0 Å². The molecule has 7 nitrogen and oxygen atoms in total. The fraction of sp³-hybridized carbons (Fsp3) is 0.571. The van der Waals surface area contributed by atoms with Crippen molar-refractivity contribution in [2.75, 3.05) is 18.0 Å². The summed E-state index contributed by atoms with van der Waals surface area (Å²) in [6.45, 7) is 4.85. The maximum absolute atomic E-state index is 13.5. The van der Waals surface area contributed by atoms with Gasteiger partial charge in [-0.2, -0.15) is 0 Å². The van der Waals surface area contributed by atoms with Crippen LogP contribution in [-0.4, -0.2) is 22.9 Å². The lowest BCUT2D eigenvalue weighted by Crippen LogP contribution is -2.27. The maximum Gasteiger partial charge on any atom is 0.302 e. The Morgan fingerprint density at radius 3 is 1.73 bits per heavy atom. The predicted octanol–water partition coefficient (Wildman–Crippen LogP) is 4.05. The molecular weight excluding hydrogens is 293 g/mol. The van der Waals surface area contributed by atoms with E-state index < -0.39 is 27.0 Å². The number of nitro groups is 2. The van der Waals surface area contributed by atoms with Gasteiger partial charge in [-0.05, 0) is 12.8 Å². The Morgan fingerprint density at radius 1 is 1.00 bits per heavy atom. The number of hydrogen-bond acceptors (Lipinski definition) is 5. The van der Waals surface area contributed by atoms with E-state index in [-0.39, 0.29) is 5.69 Å². The molecule has 0 fully saturated rings. The zero-order valence-corrected chi connectivity index (χ0v) is 12.7. The number of anilines is 1. The molecule has 1 aromatic carbocycles. The van der Waals surface area contributed by atoms with Crippen molar-refractivity contribution >= 4 is 17.1 Å². The molecule has 0 spiro atoms. The van der Waals surface area contributed by atoms with E-state index in [2.05, 4.69) is 0 Å². The molecule has 1 aromatic rings. The molecule has 0 aliphatic carbocycles. The van der Waals surface area contributed by atoms with Gasteiger partial charge in [0.2, 0.25) is 0 Å². The third-order valence-corrected chi connectivity index (χ3v) is 3.31. The first-order valence-electron chi connectivity index (χ1n) is 7.29. The highest BCUT2D eigenvalue weighted by Gasteiger charge is 2.31. The number of nitrogens with zero attached hydrogens (tertiary/aromatic N) is 3. The van der Waals surface area contributed by atoms with Crippen LogP contribution in [0.5, 0.6) is 0 Å². The summed E-state index contributed by atoms with van der Waals surface area (Å²) in [6.07, 6.45) is 3.20. The van der Waals surface area contributed by atoms with Crippen LogP contribution in [0.15, 0.2) is 12.1 Å². The lowest BCUT2D eigenvalue weighted by molar-refractivity contribution is -0.393. The molecule has 8 heteroatoms. The molecule has 0 saturated carbocycles. The standard InChI is InChI=1S/C14H20FN3O4/c1-3-5-7-16(8-6-4-2)14-12(17(19)20)9-11(15)10-13(14)18(21)22/h9-10H,3-8H2,1-2H3. The lowest BCUT2D eigenvalue weighted by Gasteiger charge is -2.24. The molecule has 1 rings (SSSR count). The van der Waals surface area contributed by atoms with E-state index in [1.807, 2.05) is 13.8 Å². The molecule has 0 bridgehead atoms. The number of unbranched alkanes of at least 4 members (excludes halogenated alkanes) is 2. The second-order valence-electron chi connectivity index (χ2n) is 5.00. The number of rotatable bonds is 9. The van der Waals surface area contributed by atoms with Crippen molar-refractivity contribution in [3.8, 4) is 0 Å². The average Bonchev–Trinajstić information content (AvgIpc) is 2.47. The summed E-state index contributed by atoms with van der Waals surface area (Å²) in [5.41, 5.74) is -1.21. The van der Waals surface area contributed by atoms with Crippen molar-refractivity contribution in [3.63, 3.8) is 0 Å². The van der Waals surface area contributed by atoms with Gasteiger partial charge in [0, 0.05) is 13.1 Å². The summed E-state index contributed by atoms with van der Waals surface area (Å²) in [4.78, 5) is 22.5. The van der Waals surface area contributed by atoms with Gasteiger partial charge in [0.1, 0.15) is 5.82 Å². The molecule has 0 radical (unpaired) electrons. The molecule has 0 saturated heterocycles. The lowest BCUT2D eigenvalue weighted by atomic mass is 10.1. The van der Waals surface area contributed by atoms with Gasteiger partial charge in [-0.15, -0.1) is 0 Å². The Morgan fingerprint density at radius 2 is 1.41 bits per heavy atom. The SMILES string of the molecule is CCCCN(CCCC)c1c([N+](=O)[O-])cc(F)cc1[N+](=O)[O-]. The minimum atomic E-state index is -0.979. The first-order chi connectivity index (χ1) is 10.4. The van der Waals surface area contributed by atoms with Crippen LogP contribution in [0.1, 0.15) is 39.5 Å². The summed E-state index contributed by atoms with van der Waals surface area (Å²) in [5.74, 6) is -0.979. The van der Waals surface area contributed by atoms with E-state index >= 15 is 0 Å². The van der Waals surface area contributed by atoms with Crippen molar-refractivity contribution in [2.24, 2.45) is 0 Å². The molecule has 0 amide bonds. The van der Waals surface area contributed by atoms with Crippen LogP contribution >= 0.6 is 0 Å². The number of benzene rings is 1. The first-order valence-corrected chi connectivity index (χ1v) is 7.29. The monoisotopic (exact) mass is 313 g/mol. The van der Waals surface area contributed by atoms with E-state index in [1.165, 1.54) is 0 Å². The van der Waals surface area contributed by atoms with Crippen LogP contribution in [0.4, 0.5) is 21.5 Å². The Kier molecular flexibility index (Phi) is 6.68. The molecule has 0 unspecified atom stereocenters. The fourth-order valence-electron chi connectivity index (χ4n) is 2.21.